The number of fused-ring (bicyclic) bond motifs is 1. The maximum atomic E-state index is 12.9. The lowest BCUT2D eigenvalue weighted by Crippen LogP contribution is -2.28. The molecule has 0 saturated carbocycles. The highest BCUT2D eigenvalue weighted by Gasteiger charge is 2.08. The Kier molecular flexibility index (Phi) is 3.48. The van der Waals surface area contributed by atoms with E-state index in [1.54, 1.807) is 12.1 Å². The fourth-order valence-corrected chi connectivity index (χ4v) is 2.40. The van der Waals surface area contributed by atoms with Crippen molar-refractivity contribution in [2.75, 3.05) is 0 Å². The summed E-state index contributed by atoms with van der Waals surface area (Å²) in [7, 11) is 0. The van der Waals surface area contributed by atoms with Crippen molar-refractivity contribution in [3.63, 3.8) is 0 Å². The van der Waals surface area contributed by atoms with E-state index in [0.29, 0.717) is 13.0 Å². The minimum atomic E-state index is -0.220. The van der Waals surface area contributed by atoms with Crippen LogP contribution >= 0.6 is 0 Å². The molecule has 3 nitrogen and oxygen atoms in total. The van der Waals surface area contributed by atoms with Crippen molar-refractivity contribution in [1.29, 1.82) is 0 Å². The van der Waals surface area contributed by atoms with E-state index in [9.17, 15) is 4.39 Å². The highest BCUT2D eigenvalue weighted by atomic mass is 19.1. The van der Waals surface area contributed by atoms with Gasteiger partial charge in [-0.2, -0.15) is 0 Å². The quantitative estimate of drug-likeness (QED) is 0.791. The van der Waals surface area contributed by atoms with Gasteiger partial charge in [0.05, 0.1) is 17.4 Å². The van der Waals surface area contributed by atoms with Gasteiger partial charge in [-0.05, 0) is 36.2 Å². The molecule has 0 amide bonds. The third kappa shape index (κ3) is 2.70. The van der Waals surface area contributed by atoms with Gasteiger partial charge in [-0.15, -0.1) is 0 Å². The molecule has 20 heavy (non-hydrogen) atoms. The molecule has 0 spiro atoms. The van der Waals surface area contributed by atoms with E-state index in [1.807, 2.05) is 30.6 Å². The number of para-hydroxylation sites is 2. The number of nitrogens with zero attached hydrogens (tertiary/aromatic N) is 2. The van der Waals surface area contributed by atoms with E-state index >= 15 is 0 Å². The Labute approximate surface area is 116 Å². The lowest BCUT2D eigenvalue weighted by atomic mass is 10.1. The third-order valence-electron chi connectivity index (χ3n) is 3.37. The molecule has 3 aromatic rings. The van der Waals surface area contributed by atoms with Gasteiger partial charge in [0.25, 0.3) is 0 Å². The molecule has 0 bridgehead atoms. The first-order valence-electron chi connectivity index (χ1n) is 6.62. The van der Waals surface area contributed by atoms with Gasteiger partial charge in [0, 0.05) is 12.6 Å². The minimum absolute atomic E-state index is 0.0296. The molecule has 102 valence electrons. The molecule has 0 aliphatic heterocycles. The highest BCUT2D eigenvalue weighted by Crippen LogP contribution is 2.13. The number of imidazole rings is 1. The van der Waals surface area contributed by atoms with Crippen molar-refractivity contribution in [3.05, 3.63) is 66.2 Å². The van der Waals surface area contributed by atoms with Crippen molar-refractivity contribution < 1.29 is 4.39 Å². The zero-order chi connectivity index (χ0) is 13.9. The van der Waals surface area contributed by atoms with Crippen LogP contribution in [0.4, 0.5) is 4.39 Å². The number of rotatable bonds is 4. The fourth-order valence-electron chi connectivity index (χ4n) is 2.40. The topological polar surface area (TPSA) is 43.8 Å². The molecule has 4 heteroatoms. The van der Waals surface area contributed by atoms with Crippen LogP contribution in [0.1, 0.15) is 5.56 Å². The summed E-state index contributed by atoms with van der Waals surface area (Å²) in [5.41, 5.74) is 9.29. The standard InChI is InChI=1S/C16H16FN3/c17-13-7-5-12(6-8-13)9-14(18)10-20-11-19-15-3-1-2-4-16(15)20/h1-8,11,14H,9-10,18H2. The molecule has 1 unspecified atom stereocenters. The zero-order valence-electron chi connectivity index (χ0n) is 11.0. The smallest absolute Gasteiger partial charge is 0.123 e. The zero-order valence-corrected chi connectivity index (χ0v) is 11.0. The van der Waals surface area contributed by atoms with Crippen LogP contribution in [-0.4, -0.2) is 15.6 Å². The summed E-state index contributed by atoms with van der Waals surface area (Å²) < 4.78 is 14.9. The van der Waals surface area contributed by atoms with Gasteiger partial charge in [0.15, 0.2) is 0 Å². The Morgan fingerprint density at radius 3 is 2.65 bits per heavy atom. The normalized spacial score (nSPS) is 12.7. The molecule has 3 rings (SSSR count). The summed E-state index contributed by atoms with van der Waals surface area (Å²) >= 11 is 0. The first-order valence-corrected chi connectivity index (χ1v) is 6.62. The lowest BCUT2D eigenvalue weighted by Gasteiger charge is -2.13. The van der Waals surface area contributed by atoms with Gasteiger partial charge in [0.2, 0.25) is 0 Å². The summed E-state index contributed by atoms with van der Waals surface area (Å²) in [6.45, 7) is 0.692. The molecular weight excluding hydrogens is 253 g/mol. The monoisotopic (exact) mass is 269 g/mol. The van der Waals surface area contributed by atoms with Gasteiger partial charge in [-0.1, -0.05) is 24.3 Å². The number of nitrogens with two attached hydrogens (primary N) is 1. The highest BCUT2D eigenvalue weighted by molar-refractivity contribution is 5.74. The third-order valence-corrected chi connectivity index (χ3v) is 3.37. The Morgan fingerprint density at radius 2 is 1.85 bits per heavy atom. The second-order valence-electron chi connectivity index (χ2n) is 4.98. The van der Waals surface area contributed by atoms with Crippen molar-refractivity contribution in [2.45, 2.75) is 19.0 Å². The second-order valence-corrected chi connectivity index (χ2v) is 4.98. The molecular formula is C16H16FN3. The van der Waals surface area contributed by atoms with Crippen LogP contribution in [0.3, 0.4) is 0 Å². The van der Waals surface area contributed by atoms with Crippen molar-refractivity contribution in [1.82, 2.24) is 9.55 Å². The summed E-state index contributed by atoms with van der Waals surface area (Å²) in [4.78, 5) is 4.35. The molecule has 2 aromatic carbocycles. The van der Waals surface area contributed by atoms with Gasteiger partial charge in [0.1, 0.15) is 5.82 Å². The van der Waals surface area contributed by atoms with Gasteiger partial charge < -0.3 is 10.3 Å². The first kappa shape index (κ1) is 12.8. The van der Waals surface area contributed by atoms with Crippen molar-refractivity contribution >= 4 is 11.0 Å². The van der Waals surface area contributed by atoms with Crippen LogP contribution in [0.25, 0.3) is 11.0 Å². The van der Waals surface area contributed by atoms with E-state index in [2.05, 4.69) is 9.55 Å². The van der Waals surface area contributed by atoms with E-state index in [0.717, 1.165) is 16.6 Å². The van der Waals surface area contributed by atoms with Crippen LogP contribution in [-0.2, 0) is 13.0 Å². The summed E-state index contributed by atoms with van der Waals surface area (Å²) in [6, 6.07) is 14.4. The summed E-state index contributed by atoms with van der Waals surface area (Å²) in [5, 5.41) is 0. The van der Waals surface area contributed by atoms with Crippen molar-refractivity contribution in [2.24, 2.45) is 5.73 Å². The first-order chi connectivity index (χ1) is 9.72. The maximum Gasteiger partial charge on any atom is 0.123 e. The number of hydrogen-bond donors (Lipinski definition) is 1. The molecule has 1 aromatic heterocycles. The van der Waals surface area contributed by atoms with Gasteiger partial charge >= 0.3 is 0 Å². The number of benzene rings is 2. The van der Waals surface area contributed by atoms with Gasteiger partial charge in [-0.25, -0.2) is 9.37 Å². The summed E-state index contributed by atoms with van der Waals surface area (Å²) in [5.74, 6) is -0.220. The van der Waals surface area contributed by atoms with E-state index in [4.69, 9.17) is 5.73 Å². The lowest BCUT2D eigenvalue weighted by molar-refractivity contribution is 0.558. The summed E-state index contributed by atoms with van der Waals surface area (Å²) in [6.07, 6.45) is 2.53. The van der Waals surface area contributed by atoms with E-state index < -0.39 is 0 Å². The molecule has 0 radical (unpaired) electrons. The van der Waals surface area contributed by atoms with Crippen LogP contribution < -0.4 is 5.73 Å². The Morgan fingerprint density at radius 1 is 1.10 bits per heavy atom. The number of halogens is 1. The Bertz CT molecular complexity index is 703. The molecule has 1 atom stereocenters. The van der Waals surface area contributed by atoms with Crippen LogP contribution in [0.15, 0.2) is 54.9 Å². The molecule has 0 saturated heterocycles. The largest absolute Gasteiger partial charge is 0.329 e. The van der Waals surface area contributed by atoms with Crippen LogP contribution in [0.2, 0.25) is 0 Å². The molecule has 0 fully saturated rings. The number of aromatic nitrogens is 2. The predicted molar refractivity (Wildman–Crippen MR) is 77.8 cm³/mol. The Balaban J connectivity index is 1.72. The predicted octanol–water partition coefficient (Wildman–Crippen LogP) is 2.75. The SMILES string of the molecule is NC(Cc1ccc(F)cc1)Cn1cnc2ccccc21. The second kappa shape index (κ2) is 5.43. The van der Waals surface area contributed by atoms with Crippen LogP contribution in [0.5, 0.6) is 0 Å². The van der Waals surface area contributed by atoms with Crippen molar-refractivity contribution in [3.8, 4) is 0 Å². The minimum Gasteiger partial charge on any atom is -0.329 e. The molecule has 1 heterocycles. The fraction of sp³-hybridized carbons (Fsp3) is 0.188. The molecule has 2 N–H and O–H groups in total. The Hall–Kier alpha value is -2.20. The molecule has 0 aliphatic carbocycles. The number of hydrogen-bond acceptors (Lipinski definition) is 2. The average Bonchev–Trinajstić information content (AvgIpc) is 2.85. The maximum absolute atomic E-state index is 12.9. The van der Waals surface area contributed by atoms with E-state index in [-0.39, 0.29) is 11.9 Å². The van der Waals surface area contributed by atoms with Gasteiger partial charge in [-0.3, -0.25) is 0 Å². The molecule has 0 aliphatic rings. The van der Waals surface area contributed by atoms with Crippen LogP contribution in [0, 0.1) is 5.82 Å². The average molecular weight is 269 g/mol. The van der Waals surface area contributed by atoms with E-state index in [1.165, 1.54) is 12.1 Å².